The van der Waals surface area contributed by atoms with E-state index in [1.54, 1.807) is 0 Å². The Kier molecular flexibility index (Phi) is 3.54. The zero-order valence-corrected chi connectivity index (χ0v) is 12.5. The molecule has 4 rings (SSSR count). The van der Waals surface area contributed by atoms with Crippen molar-refractivity contribution in [1.29, 1.82) is 0 Å². The second-order valence-electron chi connectivity index (χ2n) is 6.95. The van der Waals surface area contributed by atoms with Gasteiger partial charge in [0.05, 0.1) is 0 Å². The van der Waals surface area contributed by atoms with Gasteiger partial charge in [0.1, 0.15) is 0 Å². The molecule has 3 nitrogen and oxygen atoms in total. The minimum Gasteiger partial charge on any atom is -0.357 e. The van der Waals surface area contributed by atoms with Crippen LogP contribution in [0.3, 0.4) is 0 Å². The normalized spacial score (nSPS) is 39.1. The standard InChI is InChI=1S/C15H24N2OS/c1-2-3-13(18)16-14(19)17-15-7-10-4-11(8-15)6-12(5-10)9-15/h10-12H,2-9H2,1H3,(H2,16,17,18,19). The summed E-state index contributed by atoms with van der Waals surface area (Å²) in [7, 11) is 0. The zero-order chi connectivity index (χ0) is 13.5. The van der Waals surface area contributed by atoms with Crippen LogP contribution < -0.4 is 10.6 Å². The molecule has 4 aliphatic rings. The maximum atomic E-state index is 11.6. The lowest BCUT2D eigenvalue weighted by Crippen LogP contribution is -2.61. The van der Waals surface area contributed by atoms with Crippen LogP contribution in [0.15, 0.2) is 0 Å². The van der Waals surface area contributed by atoms with Crippen molar-refractivity contribution in [2.75, 3.05) is 0 Å². The molecule has 1 amide bonds. The number of nitrogens with one attached hydrogen (secondary N) is 2. The van der Waals surface area contributed by atoms with Gasteiger partial charge in [-0.1, -0.05) is 6.92 Å². The lowest BCUT2D eigenvalue weighted by Gasteiger charge is -2.57. The molecule has 0 aromatic carbocycles. The van der Waals surface area contributed by atoms with Crippen molar-refractivity contribution >= 4 is 23.2 Å². The summed E-state index contributed by atoms with van der Waals surface area (Å²) in [4.78, 5) is 11.6. The lowest BCUT2D eigenvalue weighted by molar-refractivity contribution is -0.119. The second kappa shape index (κ2) is 5.04. The highest BCUT2D eigenvalue weighted by Gasteiger charge is 2.51. The van der Waals surface area contributed by atoms with E-state index >= 15 is 0 Å². The van der Waals surface area contributed by atoms with E-state index in [2.05, 4.69) is 10.6 Å². The molecule has 0 atom stereocenters. The van der Waals surface area contributed by atoms with Crippen LogP contribution in [0.2, 0.25) is 0 Å². The summed E-state index contributed by atoms with van der Waals surface area (Å²) in [5.41, 5.74) is 0.200. The van der Waals surface area contributed by atoms with E-state index in [4.69, 9.17) is 12.2 Å². The zero-order valence-electron chi connectivity index (χ0n) is 11.7. The van der Waals surface area contributed by atoms with Crippen molar-refractivity contribution in [2.24, 2.45) is 17.8 Å². The largest absolute Gasteiger partial charge is 0.357 e. The average molecular weight is 280 g/mol. The molecule has 4 aliphatic carbocycles. The van der Waals surface area contributed by atoms with Crippen molar-refractivity contribution in [3.05, 3.63) is 0 Å². The van der Waals surface area contributed by atoms with Gasteiger partial charge in [0.25, 0.3) is 0 Å². The molecular weight excluding hydrogens is 256 g/mol. The van der Waals surface area contributed by atoms with Gasteiger partial charge in [-0.25, -0.2) is 0 Å². The van der Waals surface area contributed by atoms with E-state index in [0.29, 0.717) is 11.5 Å². The summed E-state index contributed by atoms with van der Waals surface area (Å²) in [6.07, 6.45) is 9.46. The molecule has 19 heavy (non-hydrogen) atoms. The molecule has 4 bridgehead atoms. The predicted molar refractivity (Wildman–Crippen MR) is 79.7 cm³/mol. The Hall–Kier alpha value is -0.640. The van der Waals surface area contributed by atoms with Crippen molar-refractivity contribution in [2.45, 2.75) is 63.8 Å². The minimum absolute atomic E-state index is 0.0460. The molecule has 4 fully saturated rings. The van der Waals surface area contributed by atoms with Gasteiger partial charge in [0, 0.05) is 12.0 Å². The highest BCUT2D eigenvalue weighted by Crippen LogP contribution is 2.55. The quantitative estimate of drug-likeness (QED) is 0.781. The van der Waals surface area contributed by atoms with Crippen LogP contribution in [0.4, 0.5) is 0 Å². The fourth-order valence-corrected chi connectivity index (χ4v) is 5.28. The molecule has 4 saturated carbocycles. The summed E-state index contributed by atoms with van der Waals surface area (Å²) in [5, 5.41) is 6.91. The van der Waals surface area contributed by atoms with Gasteiger partial charge in [-0.15, -0.1) is 0 Å². The van der Waals surface area contributed by atoms with Gasteiger partial charge in [0.2, 0.25) is 5.91 Å². The highest BCUT2D eigenvalue weighted by atomic mass is 32.1. The number of rotatable bonds is 3. The number of hydrogen-bond acceptors (Lipinski definition) is 2. The fourth-order valence-electron chi connectivity index (χ4n) is 4.95. The Morgan fingerprint density at radius 3 is 2.16 bits per heavy atom. The number of carbonyl (C=O) groups is 1. The van der Waals surface area contributed by atoms with Crippen LogP contribution in [-0.4, -0.2) is 16.6 Å². The van der Waals surface area contributed by atoms with Gasteiger partial charge in [0.15, 0.2) is 5.11 Å². The van der Waals surface area contributed by atoms with Crippen LogP contribution in [-0.2, 0) is 4.79 Å². The van der Waals surface area contributed by atoms with Crippen LogP contribution in [0.25, 0.3) is 0 Å². The third-order valence-electron chi connectivity index (χ3n) is 5.15. The van der Waals surface area contributed by atoms with Crippen LogP contribution >= 0.6 is 12.2 Å². The summed E-state index contributed by atoms with van der Waals surface area (Å²) in [6, 6.07) is 0. The van der Waals surface area contributed by atoms with Crippen molar-refractivity contribution in [3.8, 4) is 0 Å². The Labute approximate surface area is 120 Å². The molecule has 4 heteroatoms. The maximum Gasteiger partial charge on any atom is 0.226 e. The van der Waals surface area contributed by atoms with E-state index in [9.17, 15) is 4.79 Å². The van der Waals surface area contributed by atoms with Crippen LogP contribution in [0.1, 0.15) is 58.3 Å². The first-order chi connectivity index (χ1) is 9.08. The molecular formula is C15H24N2OS. The van der Waals surface area contributed by atoms with E-state index in [1.165, 1.54) is 38.5 Å². The second-order valence-corrected chi connectivity index (χ2v) is 7.36. The monoisotopic (exact) mass is 280 g/mol. The first kappa shape index (κ1) is 13.3. The van der Waals surface area contributed by atoms with Gasteiger partial charge < -0.3 is 10.6 Å². The average Bonchev–Trinajstić information content (AvgIpc) is 2.25. The first-order valence-corrected chi connectivity index (χ1v) is 8.11. The van der Waals surface area contributed by atoms with Crippen molar-refractivity contribution in [1.82, 2.24) is 10.6 Å². The summed E-state index contributed by atoms with van der Waals surface area (Å²) < 4.78 is 0. The SMILES string of the molecule is CCCC(=O)NC(=S)NC12CC3CC(CC(C3)C1)C2. The van der Waals surface area contributed by atoms with E-state index < -0.39 is 0 Å². The van der Waals surface area contributed by atoms with Gasteiger partial charge in [-0.3, -0.25) is 4.79 Å². The molecule has 0 aromatic heterocycles. The van der Waals surface area contributed by atoms with Crippen molar-refractivity contribution in [3.63, 3.8) is 0 Å². The fraction of sp³-hybridized carbons (Fsp3) is 0.867. The highest BCUT2D eigenvalue weighted by molar-refractivity contribution is 7.80. The third-order valence-corrected chi connectivity index (χ3v) is 5.35. The number of hydrogen-bond donors (Lipinski definition) is 2. The molecule has 0 heterocycles. The molecule has 0 saturated heterocycles. The number of amides is 1. The summed E-state index contributed by atoms with van der Waals surface area (Å²) in [6.45, 7) is 2.01. The molecule has 0 aromatic rings. The summed E-state index contributed by atoms with van der Waals surface area (Å²) in [5.74, 6) is 2.73. The van der Waals surface area contributed by atoms with Crippen LogP contribution in [0, 0.1) is 17.8 Å². The predicted octanol–water partition coefficient (Wildman–Crippen LogP) is 2.75. The maximum absolute atomic E-state index is 11.6. The smallest absolute Gasteiger partial charge is 0.226 e. The number of thiocarbonyl (C=S) groups is 1. The molecule has 106 valence electrons. The molecule has 0 unspecified atom stereocenters. The molecule has 0 spiro atoms. The Bertz CT molecular complexity index is 358. The van der Waals surface area contributed by atoms with E-state index in [1.807, 2.05) is 6.92 Å². The minimum atomic E-state index is 0.0460. The third kappa shape index (κ3) is 2.78. The van der Waals surface area contributed by atoms with Crippen LogP contribution in [0.5, 0.6) is 0 Å². The molecule has 0 radical (unpaired) electrons. The van der Waals surface area contributed by atoms with Crippen molar-refractivity contribution < 1.29 is 4.79 Å². The Balaban J connectivity index is 1.60. The Morgan fingerprint density at radius 1 is 1.16 bits per heavy atom. The van der Waals surface area contributed by atoms with Gasteiger partial charge in [-0.2, -0.15) is 0 Å². The Morgan fingerprint density at radius 2 is 1.68 bits per heavy atom. The number of carbonyl (C=O) groups excluding carboxylic acids is 1. The summed E-state index contributed by atoms with van der Waals surface area (Å²) >= 11 is 5.34. The van der Waals surface area contributed by atoms with E-state index in [-0.39, 0.29) is 11.4 Å². The van der Waals surface area contributed by atoms with E-state index in [0.717, 1.165) is 24.2 Å². The van der Waals surface area contributed by atoms with Gasteiger partial charge in [-0.05, 0) is 74.9 Å². The molecule has 0 aliphatic heterocycles. The van der Waals surface area contributed by atoms with Gasteiger partial charge >= 0.3 is 0 Å². The molecule has 2 N–H and O–H groups in total. The topological polar surface area (TPSA) is 41.1 Å². The lowest BCUT2D eigenvalue weighted by atomic mass is 9.53. The first-order valence-electron chi connectivity index (χ1n) is 7.70.